The molecule has 2 aromatic carbocycles. The monoisotopic (exact) mass is 387 g/mol. The standard InChI is InChI=1S/C21H25NO4S/c1-5-17(20(23)26-4)21(3)14-22(19-9-7-6-8-18(19)21)27(24,25)16-12-10-15(2)11-13-16/h6-13,17H,5,14H2,1-4H3/t17-,21+/m0/s1. The van der Waals surface area contributed by atoms with Crippen molar-refractivity contribution in [3.05, 3.63) is 59.7 Å². The molecule has 0 N–H and O–H groups in total. The number of nitrogens with zero attached hydrogens (tertiary/aromatic N) is 1. The first-order valence-corrected chi connectivity index (χ1v) is 10.5. The van der Waals surface area contributed by atoms with E-state index in [1.807, 2.05) is 39.0 Å². The maximum Gasteiger partial charge on any atom is 0.309 e. The third kappa shape index (κ3) is 3.12. The molecule has 0 aliphatic carbocycles. The second kappa shape index (κ2) is 7.00. The average Bonchev–Trinajstić information content (AvgIpc) is 2.97. The van der Waals surface area contributed by atoms with E-state index in [0.29, 0.717) is 12.1 Å². The molecule has 0 fully saturated rings. The van der Waals surface area contributed by atoms with Crippen LogP contribution in [-0.2, 0) is 25.0 Å². The van der Waals surface area contributed by atoms with Crippen molar-refractivity contribution in [2.75, 3.05) is 18.0 Å². The van der Waals surface area contributed by atoms with Gasteiger partial charge in [-0.3, -0.25) is 9.10 Å². The van der Waals surface area contributed by atoms with E-state index < -0.39 is 21.4 Å². The number of para-hydroxylation sites is 1. The Kier molecular flexibility index (Phi) is 5.04. The number of hydrogen-bond donors (Lipinski definition) is 0. The summed E-state index contributed by atoms with van der Waals surface area (Å²) in [6, 6.07) is 14.2. The molecule has 0 saturated carbocycles. The Balaban J connectivity index is 2.12. The number of anilines is 1. The fraction of sp³-hybridized carbons (Fsp3) is 0.381. The van der Waals surface area contributed by atoms with Crippen molar-refractivity contribution in [1.82, 2.24) is 0 Å². The molecule has 1 aliphatic heterocycles. The summed E-state index contributed by atoms with van der Waals surface area (Å²) < 4.78 is 33.1. The number of esters is 1. The molecule has 144 valence electrons. The third-order valence-electron chi connectivity index (χ3n) is 5.53. The van der Waals surface area contributed by atoms with Crippen molar-refractivity contribution >= 4 is 21.7 Å². The Morgan fingerprint density at radius 2 is 1.81 bits per heavy atom. The van der Waals surface area contributed by atoms with Crippen LogP contribution in [0, 0.1) is 12.8 Å². The minimum Gasteiger partial charge on any atom is -0.469 e. The molecule has 1 heterocycles. The van der Waals surface area contributed by atoms with Gasteiger partial charge < -0.3 is 4.74 Å². The summed E-state index contributed by atoms with van der Waals surface area (Å²) in [4.78, 5) is 12.7. The molecule has 0 saturated heterocycles. The van der Waals surface area contributed by atoms with Crippen molar-refractivity contribution in [2.45, 2.75) is 37.5 Å². The van der Waals surface area contributed by atoms with E-state index in [9.17, 15) is 13.2 Å². The second-order valence-corrected chi connectivity index (χ2v) is 9.11. The van der Waals surface area contributed by atoms with Crippen LogP contribution in [0.1, 0.15) is 31.4 Å². The molecule has 0 aromatic heterocycles. The minimum absolute atomic E-state index is 0.205. The van der Waals surface area contributed by atoms with Gasteiger partial charge in [0.25, 0.3) is 10.0 Å². The van der Waals surface area contributed by atoms with Crippen LogP contribution in [0.2, 0.25) is 0 Å². The van der Waals surface area contributed by atoms with Crippen LogP contribution < -0.4 is 4.31 Å². The summed E-state index contributed by atoms with van der Waals surface area (Å²) in [5, 5.41) is 0. The first-order chi connectivity index (χ1) is 12.8. The smallest absolute Gasteiger partial charge is 0.309 e. The van der Waals surface area contributed by atoms with Crippen molar-refractivity contribution in [3.63, 3.8) is 0 Å². The molecule has 2 aromatic rings. The number of aryl methyl sites for hydroxylation is 1. The molecule has 1 aliphatic rings. The Hall–Kier alpha value is -2.34. The van der Waals surface area contributed by atoms with Gasteiger partial charge in [-0.2, -0.15) is 0 Å². The Labute approximate surface area is 161 Å². The number of fused-ring (bicyclic) bond motifs is 1. The van der Waals surface area contributed by atoms with Crippen molar-refractivity contribution in [2.24, 2.45) is 5.92 Å². The first kappa shape index (κ1) is 19.4. The molecule has 27 heavy (non-hydrogen) atoms. The van der Waals surface area contributed by atoms with E-state index in [4.69, 9.17) is 4.74 Å². The van der Waals surface area contributed by atoms with Gasteiger partial charge in [-0.15, -0.1) is 0 Å². The summed E-state index contributed by atoms with van der Waals surface area (Å²) >= 11 is 0. The predicted octanol–water partition coefficient (Wildman–Crippen LogP) is 3.66. The Morgan fingerprint density at radius 3 is 2.41 bits per heavy atom. The van der Waals surface area contributed by atoms with Crippen LogP contribution in [0.15, 0.2) is 53.4 Å². The number of methoxy groups -OCH3 is 1. The van der Waals surface area contributed by atoms with Gasteiger partial charge in [0.05, 0.1) is 23.6 Å². The molecule has 6 heteroatoms. The molecule has 0 unspecified atom stereocenters. The molecule has 0 spiro atoms. The van der Waals surface area contributed by atoms with Crippen LogP contribution in [-0.4, -0.2) is 28.0 Å². The highest BCUT2D eigenvalue weighted by Gasteiger charge is 2.50. The normalized spacial score (nSPS) is 20.2. The van der Waals surface area contributed by atoms with Crippen LogP contribution in [0.5, 0.6) is 0 Å². The number of carbonyl (C=O) groups is 1. The van der Waals surface area contributed by atoms with E-state index >= 15 is 0 Å². The summed E-state index contributed by atoms with van der Waals surface area (Å²) in [6.45, 7) is 5.99. The summed E-state index contributed by atoms with van der Waals surface area (Å²) in [7, 11) is -2.36. The van der Waals surface area contributed by atoms with Gasteiger partial charge in [-0.25, -0.2) is 8.42 Å². The molecule has 0 radical (unpaired) electrons. The zero-order valence-corrected chi connectivity index (χ0v) is 16.9. The van der Waals surface area contributed by atoms with Gasteiger partial charge in [0, 0.05) is 12.0 Å². The predicted molar refractivity (Wildman–Crippen MR) is 105 cm³/mol. The summed E-state index contributed by atoms with van der Waals surface area (Å²) in [5.74, 6) is -0.744. The van der Waals surface area contributed by atoms with Gasteiger partial charge in [-0.1, -0.05) is 49.7 Å². The largest absolute Gasteiger partial charge is 0.469 e. The van der Waals surface area contributed by atoms with E-state index in [2.05, 4.69) is 0 Å². The van der Waals surface area contributed by atoms with Gasteiger partial charge in [0.2, 0.25) is 0 Å². The topological polar surface area (TPSA) is 63.7 Å². The summed E-state index contributed by atoms with van der Waals surface area (Å²) in [5.41, 5.74) is 1.83. The maximum absolute atomic E-state index is 13.4. The molecule has 0 bridgehead atoms. The average molecular weight is 388 g/mol. The van der Waals surface area contributed by atoms with E-state index in [0.717, 1.165) is 11.1 Å². The zero-order chi connectivity index (χ0) is 19.8. The van der Waals surface area contributed by atoms with Gasteiger partial charge in [0.1, 0.15) is 0 Å². The highest BCUT2D eigenvalue weighted by molar-refractivity contribution is 7.92. The van der Waals surface area contributed by atoms with Crippen LogP contribution in [0.25, 0.3) is 0 Å². The van der Waals surface area contributed by atoms with Crippen LogP contribution >= 0.6 is 0 Å². The van der Waals surface area contributed by atoms with Gasteiger partial charge in [-0.05, 0) is 37.1 Å². The fourth-order valence-electron chi connectivity index (χ4n) is 4.01. The summed E-state index contributed by atoms with van der Waals surface area (Å²) in [6.07, 6.45) is 0.565. The van der Waals surface area contributed by atoms with Crippen molar-refractivity contribution in [3.8, 4) is 0 Å². The molecule has 2 atom stereocenters. The fourth-order valence-corrected chi connectivity index (χ4v) is 5.60. The lowest BCUT2D eigenvalue weighted by molar-refractivity contribution is -0.147. The van der Waals surface area contributed by atoms with E-state index in [1.165, 1.54) is 11.4 Å². The number of ether oxygens (including phenoxy) is 1. The number of hydrogen-bond acceptors (Lipinski definition) is 4. The lowest BCUT2D eigenvalue weighted by Crippen LogP contribution is -2.43. The van der Waals surface area contributed by atoms with Crippen molar-refractivity contribution < 1.29 is 17.9 Å². The molecule has 5 nitrogen and oxygen atoms in total. The lowest BCUT2D eigenvalue weighted by atomic mass is 9.72. The number of benzene rings is 2. The second-order valence-electron chi connectivity index (χ2n) is 7.24. The Bertz CT molecular complexity index is 952. The Morgan fingerprint density at radius 1 is 1.19 bits per heavy atom. The van der Waals surface area contributed by atoms with Crippen LogP contribution in [0.3, 0.4) is 0 Å². The van der Waals surface area contributed by atoms with Crippen LogP contribution in [0.4, 0.5) is 5.69 Å². The molecular weight excluding hydrogens is 362 g/mol. The number of rotatable bonds is 5. The first-order valence-electron chi connectivity index (χ1n) is 9.02. The molecule has 0 amide bonds. The zero-order valence-electron chi connectivity index (χ0n) is 16.1. The SMILES string of the molecule is CC[C@@H](C(=O)OC)[C@@]1(C)CN(S(=O)(=O)c2ccc(C)cc2)c2ccccc21. The highest BCUT2D eigenvalue weighted by atomic mass is 32.2. The maximum atomic E-state index is 13.4. The number of sulfonamides is 1. The minimum atomic E-state index is -3.73. The highest BCUT2D eigenvalue weighted by Crippen LogP contribution is 2.48. The lowest BCUT2D eigenvalue weighted by Gasteiger charge is -2.32. The third-order valence-corrected chi connectivity index (χ3v) is 7.31. The quantitative estimate of drug-likeness (QED) is 0.735. The van der Waals surface area contributed by atoms with Crippen molar-refractivity contribution in [1.29, 1.82) is 0 Å². The van der Waals surface area contributed by atoms with E-state index in [-0.39, 0.29) is 17.4 Å². The number of carbonyl (C=O) groups excluding carboxylic acids is 1. The van der Waals surface area contributed by atoms with E-state index in [1.54, 1.807) is 30.3 Å². The van der Waals surface area contributed by atoms with Gasteiger partial charge in [0.15, 0.2) is 0 Å². The molecule has 3 rings (SSSR count). The molecular formula is C21H25NO4S. The van der Waals surface area contributed by atoms with Gasteiger partial charge >= 0.3 is 5.97 Å².